The normalized spacial score (nSPS) is 27.7. The number of Topliss-reactive ketones (excluding diaryl/α,β-unsaturated/α-hetero) is 1. The van der Waals surface area contributed by atoms with Gasteiger partial charge in [0.05, 0.1) is 0 Å². The van der Waals surface area contributed by atoms with E-state index in [4.69, 9.17) is 21.1 Å². The molecule has 0 aromatic carbocycles. The molecule has 1 aliphatic heterocycles. The van der Waals surface area contributed by atoms with Gasteiger partial charge in [0.25, 0.3) is 0 Å². The molecule has 0 radical (unpaired) electrons. The summed E-state index contributed by atoms with van der Waals surface area (Å²) in [5.74, 6) is -5.05. The first-order chi connectivity index (χ1) is 8.70. The zero-order valence-electron chi connectivity index (χ0n) is 9.83. The smallest absolute Gasteiger partial charge is 0.320 e. The Labute approximate surface area is 107 Å². The van der Waals surface area contributed by atoms with Crippen LogP contribution in [0.1, 0.15) is 12.8 Å². The van der Waals surface area contributed by atoms with Crippen LogP contribution in [-0.4, -0.2) is 57.6 Å². The van der Waals surface area contributed by atoms with Crippen LogP contribution in [0.2, 0.25) is 0 Å². The molecular formula is C10H14N2O7. The number of nitrogens with one attached hydrogen (secondary N) is 1. The van der Waals surface area contributed by atoms with Crippen molar-refractivity contribution in [1.29, 1.82) is 0 Å². The summed E-state index contributed by atoms with van der Waals surface area (Å²) >= 11 is 0. The van der Waals surface area contributed by atoms with E-state index in [9.17, 15) is 19.2 Å². The summed E-state index contributed by atoms with van der Waals surface area (Å²) in [6.45, 7) is -0.357. The van der Waals surface area contributed by atoms with Crippen LogP contribution < -0.4 is 11.1 Å². The van der Waals surface area contributed by atoms with Crippen LogP contribution in [0.4, 0.5) is 0 Å². The number of rotatable bonds is 6. The van der Waals surface area contributed by atoms with Crippen molar-refractivity contribution in [1.82, 2.24) is 5.32 Å². The molecule has 1 unspecified atom stereocenters. The number of carbonyl (C=O) groups excluding carboxylic acids is 1. The average Bonchev–Trinajstić information content (AvgIpc) is 2.74. The van der Waals surface area contributed by atoms with E-state index in [1.807, 2.05) is 0 Å². The topological polar surface area (TPSA) is 167 Å². The van der Waals surface area contributed by atoms with Gasteiger partial charge in [0.1, 0.15) is 17.5 Å². The van der Waals surface area contributed by atoms with Crippen molar-refractivity contribution in [2.75, 3.05) is 6.54 Å². The number of hydrogen-bond acceptors (Lipinski definition) is 6. The molecule has 19 heavy (non-hydrogen) atoms. The third-order valence-corrected chi connectivity index (χ3v) is 3.17. The van der Waals surface area contributed by atoms with Crippen LogP contribution in [0, 0.1) is 5.41 Å². The van der Waals surface area contributed by atoms with Gasteiger partial charge >= 0.3 is 17.9 Å². The number of nitrogens with two attached hydrogens (primary N) is 1. The lowest BCUT2D eigenvalue weighted by Gasteiger charge is -2.22. The van der Waals surface area contributed by atoms with Gasteiger partial charge in [0.2, 0.25) is 0 Å². The standard InChI is InChI=1S/C10H14N2O7/c11-4(7(14)15)1-6(13)10(9(18)19)2-5(8(16)17)12-3-10/h4-5,12H,1-3,11H2,(H,14,15)(H,16,17)(H,18,19)/t4?,5-,10+/m0/s1. The molecule has 1 rings (SSSR count). The minimum atomic E-state index is -1.93. The maximum Gasteiger partial charge on any atom is 0.320 e. The molecule has 9 heteroatoms. The first-order valence-corrected chi connectivity index (χ1v) is 5.42. The maximum atomic E-state index is 11.9. The van der Waals surface area contributed by atoms with Crippen molar-refractivity contribution < 1.29 is 34.5 Å². The highest BCUT2D eigenvalue weighted by Gasteiger charge is 2.53. The molecule has 9 nitrogen and oxygen atoms in total. The number of carboxylic acids is 3. The SMILES string of the molecule is NC(CC(=O)[C@]1(C(=O)O)CN[C@H](C(=O)O)C1)C(=O)O. The molecule has 0 saturated carbocycles. The summed E-state index contributed by atoms with van der Waals surface area (Å²) in [7, 11) is 0. The quantitative estimate of drug-likeness (QED) is 0.340. The zero-order chi connectivity index (χ0) is 14.8. The monoisotopic (exact) mass is 274 g/mol. The van der Waals surface area contributed by atoms with Crippen LogP contribution in [0.3, 0.4) is 0 Å². The summed E-state index contributed by atoms with van der Waals surface area (Å²) in [6, 6.07) is -2.66. The Hall–Kier alpha value is -2.00. The van der Waals surface area contributed by atoms with Gasteiger partial charge in [0.15, 0.2) is 5.78 Å². The van der Waals surface area contributed by atoms with E-state index < -0.39 is 54.0 Å². The number of carboxylic acid groups (broad SMARTS) is 3. The predicted molar refractivity (Wildman–Crippen MR) is 59.3 cm³/mol. The lowest BCUT2D eigenvalue weighted by Crippen LogP contribution is -2.45. The molecule has 6 N–H and O–H groups in total. The molecular weight excluding hydrogens is 260 g/mol. The van der Waals surface area contributed by atoms with E-state index in [0.29, 0.717) is 0 Å². The fraction of sp³-hybridized carbons (Fsp3) is 0.600. The lowest BCUT2D eigenvalue weighted by atomic mass is 9.78. The van der Waals surface area contributed by atoms with Gasteiger partial charge in [-0.05, 0) is 6.42 Å². The Morgan fingerprint density at radius 1 is 1.26 bits per heavy atom. The second-order valence-electron chi connectivity index (χ2n) is 4.44. The van der Waals surface area contributed by atoms with Crippen LogP contribution in [0.15, 0.2) is 0 Å². The maximum absolute atomic E-state index is 11.9. The van der Waals surface area contributed by atoms with Gasteiger partial charge in [0, 0.05) is 13.0 Å². The second-order valence-corrected chi connectivity index (χ2v) is 4.44. The van der Waals surface area contributed by atoms with Crippen molar-refractivity contribution in [3.63, 3.8) is 0 Å². The average molecular weight is 274 g/mol. The highest BCUT2D eigenvalue weighted by atomic mass is 16.4. The van der Waals surface area contributed by atoms with Crippen molar-refractivity contribution in [3.8, 4) is 0 Å². The number of hydrogen-bond donors (Lipinski definition) is 5. The fourth-order valence-electron chi connectivity index (χ4n) is 1.94. The van der Waals surface area contributed by atoms with E-state index >= 15 is 0 Å². The van der Waals surface area contributed by atoms with Gasteiger partial charge in [-0.3, -0.25) is 19.2 Å². The minimum absolute atomic E-state index is 0.357. The fourth-order valence-corrected chi connectivity index (χ4v) is 1.94. The zero-order valence-corrected chi connectivity index (χ0v) is 9.83. The van der Waals surface area contributed by atoms with E-state index in [2.05, 4.69) is 5.32 Å². The van der Waals surface area contributed by atoms with E-state index in [-0.39, 0.29) is 6.54 Å². The Morgan fingerprint density at radius 2 is 1.84 bits per heavy atom. The molecule has 0 amide bonds. The first kappa shape index (κ1) is 15.1. The van der Waals surface area contributed by atoms with Gasteiger partial charge in [-0.1, -0.05) is 0 Å². The molecule has 1 aliphatic rings. The third kappa shape index (κ3) is 2.88. The Kier molecular flexibility index (Phi) is 4.22. The third-order valence-electron chi connectivity index (χ3n) is 3.17. The van der Waals surface area contributed by atoms with Crippen molar-refractivity contribution in [3.05, 3.63) is 0 Å². The van der Waals surface area contributed by atoms with Gasteiger partial charge < -0.3 is 26.4 Å². The summed E-state index contributed by atoms with van der Waals surface area (Å²) in [5.41, 5.74) is 3.25. The highest BCUT2D eigenvalue weighted by molar-refractivity contribution is 6.05. The summed E-state index contributed by atoms with van der Waals surface area (Å²) in [4.78, 5) is 44.5. The largest absolute Gasteiger partial charge is 0.480 e. The van der Waals surface area contributed by atoms with Crippen LogP contribution in [0.25, 0.3) is 0 Å². The van der Waals surface area contributed by atoms with Crippen molar-refractivity contribution >= 4 is 23.7 Å². The van der Waals surface area contributed by atoms with E-state index in [0.717, 1.165) is 0 Å². The molecule has 106 valence electrons. The molecule has 0 bridgehead atoms. The predicted octanol–water partition coefficient (Wildman–Crippen LogP) is -2.12. The number of ketones is 1. The van der Waals surface area contributed by atoms with Crippen LogP contribution >= 0.6 is 0 Å². The summed E-state index contributed by atoms with van der Waals surface area (Å²) in [6.07, 6.45) is -1.08. The Balaban J connectivity index is 2.90. The summed E-state index contributed by atoms with van der Waals surface area (Å²) in [5, 5.41) is 29.0. The van der Waals surface area contributed by atoms with E-state index in [1.165, 1.54) is 0 Å². The summed E-state index contributed by atoms with van der Waals surface area (Å²) < 4.78 is 0. The van der Waals surface area contributed by atoms with Gasteiger partial charge in [-0.15, -0.1) is 0 Å². The second kappa shape index (κ2) is 5.33. The van der Waals surface area contributed by atoms with Crippen molar-refractivity contribution in [2.45, 2.75) is 24.9 Å². The number of carbonyl (C=O) groups is 4. The van der Waals surface area contributed by atoms with Crippen LogP contribution in [-0.2, 0) is 19.2 Å². The Morgan fingerprint density at radius 3 is 2.21 bits per heavy atom. The molecule has 1 saturated heterocycles. The molecule has 0 spiro atoms. The lowest BCUT2D eigenvalue weighted by molar-refractivity contribution is -0.155. The van der Waals surface area contributed by atoms with Gasteiger partial charge in [-0.2, -0.15) is 0 Å². The minimum Gasteiger partial charge on any atom is -0.480 e. The van der Waals surface area contributed by atoms with Crippen molar-refractivity contribution in [2.24, 2.45) is 11.1 Å². The molecule has 0 aromatic rings. The Bertz CT molecular complexity index is 436. The molecule has 3 atom stereocenters. The van der Waals surface area contributed by atoms with E-state index in [1.54, 1.807) is 0 Å². The molecule has 1 heterocycles. The molecule has 1 fully saturated rings. The first-order valence-electron chi connectivity index (χ1n) is 5.42. The number of aliphatic carboxylic acids is 3. The van der Waals surface area contributed by atoms with Crippen LogP contribution in [0.5, 0.6) is 0 Å². The van der Waals surface area contributed by atoms with Gasteiger partial charge in [-0.25, -0.2) is 0 Å². The molecule has 0 aliphatic carbocycles. The molecule has 0 aromatic heterocycles. The highest BCUT2D eigenvalue weighted by Crippen LogP contribution is 2.32.